The van der Waals surface area contributed by atoms with Gasteiger partial charge in [0, 0.05) is 25.7 Å². The molecule has 0 spiro atoms. The molecule has 2 fully saturated rings. The number of nitrogens with zero attached hydrogens (tertiary/aromatic N) is 4. The van der Waals surface area contributed by atoms with Gasteiger partial charge in [-0.15, -0.1) is 0 Å². The second kappa shape index (κ2) is 6.29. The molecule has 4 rings (SSSR count). The van der Waals surface area contributed by atoms with Crippen LogP contribution in [0.25, 0.3) is 11.3 Å². The van der Waals surface area contributed by atoms with E-state index in [1.54, 1.807) is 22.7 Å². The van der Waals surface area contributed by atoms with E-state index in [1.807, 2.05) is 30.3 Å². The third-order valence-electron chi connectivity index (χ3n) is 4.86. The van der Waals surface area contributed by atoms with Crippen molar-refractivity contribution < 1.29 is 14.4 Å². The minimum Gasteiger partial charge on any atom is -0.335 e. The Morgan fingerprint density at radius 2 is 2.00 bits per heavy atom. The molecular formula is C18H19N5O3. The van der Waals surface area contributed by atoms with Crippen LogP contribution in [0.15, 0.2) is 36.4 Å². The highest BCUT2D eigenvalue weighted by atomic mass is 16.2. The van der Waals surface area contributed by atoms with E-state index >= 15 is 0 Å². The van der Waals surface area contributed by atoms with Crippen LogP contribution in [0, 0.1) is 0 Å². The number of rotatable bonds is 3. The minimum absolute atomic E-state index is 0.0332. The maximum Gasteiger partial charge on any atom is 0.324 e. The summed E-state index contributed by atoms with van der Waals surface area (Å²) in [6, 6.07) is 10.8. The number of carbonyl (C=O) groups excluding carboxylic acids is 3. The Bertz CT molecular complexity index is 860. The van der Waals surface area contributed by atoms with Crippen molar-refractivity contribution in [2.45, 2.75) is 12.5 Å². The largest absolute Gasteiger partial charge is 0.335 e. The number of aromatic nitrogens is 2. The summed E-state index contributed by atoms with van der Waals surface area (Å²) in [6.07, 6.45) is 0.592. The number of carbonyl (C=O) groups is 3. The first-order chi connectivity index (χ1) is 12.5. The lowest BCUT2D eigenvalue weighted by Gasteiger charge is -2.21. The number of benzene rings is 1. The van der Waals surface area contributed by atoms with Gasteiger partial charge in [-0.25, -0.2) is 4.79 Å². The molecular weight excluding hydrogens is 334 g/mol. The monoisotopic (exact) mass is 353 g/mol. The lowest BCUT2D eigenvalue weighted by Crippen LogP contribution is -2.43. The predicted octanol–water partition coefficient (Wildman–Crippen LogP) is 0.853. The zero-order valence-corrected chi connectivity index (χ0v) is 14.4. The number of likely N-dealkylation sites (tertiary alicyclic amines) is 1. The first-order valence-corrected chi connectivity index (χ1v) is 8.53. The van der Waals surface area contributed by atoms with Gasteiger partial charge in [0.15, 0.2) is 0 Å². The highest BCUT2D eigenvalue weighted by Gasteiger charge is 2.40. The number of amides is 4. The Hall–Kier alpha value is -3.16. The van der Waals surface area contributed by atoms with Crippen molar-refractivity contribution in [3.8, 4) is 11.3 Å². The lowest BCUT2D eigenvalue weighted by molar-refractivity contribution is -0.126. The summed E-state index contributed by atoms with van der Waals surface area (Å²) < 4.78 is 1.58. The molecule has 0 aliphatic carbocycles. The van der Waals surface area contributed by atoms with Gasteiger partial charge >= 0.3 is 6.03 Å². The number of hydrogen-bond acceptors (Lipinski definition) is 4. The summed E-state index contributed by atoms with van der Waals surface area (Å²) in [4.78, 5) is 39.5. The summed E-state index contributed by atoms with van der Waals surface area (Å²) in [5.41, 5.74) is 2.17. The Balaban J connectivity index is 1.51. The molecule has 26 heavy (non-hydrogen) atoms. The lowest BCUT2D eigenvalue weighted by atomic mass is 10.1. The standard InChI is InChI=1S/C18H19N5O3/c1-21-15(9-14(20-21)12-5-3-2-4-6-12)17(25)22-8-7-13(11-22)23-16(24)10-19-18(23)26/h2-6,9,13H,7-8,10-11H2,1H3,(H,19,26). The summed E-state index contributed by atoms with van der Waals surface area (Å²) in [5.74, 6) is -0.377. The summed E-state index contributed by atoms with van der Waals surface area (Å²) >= 11 is 0. The molecule has 0 saturated carbocycles. The normalized spacial score (nSPS) is 20.0. The predicted molar refractivity (Wildman–Crippen MR) is 93.2 cm³/mol. The van der Waals surface area contributed by atoms with Crippen LogP contribution in [0.5, 0.6) is 0 Å². The SMILES string of the molecule is Cn1nc(-c2ccccc2)cc1C(=O)N1CCC(N2C(=O)CNC2=O)C1. The highest BCUT2D eigenvalue weighted by Crippen LogP contribution is 2.23. The molecule has 8 heteroatoms. The molecule has 2 aromatic rings. The van der Waals surface area contributed by atoms with Crippen LogP contribution in [-0.2, 0) is 11.8 Å². The molecule has 2 aliphatic rings. The van der Waals surface area contributed by atoms with E-state index in [9.17, 15) is 14.4 Å². The fraction of sp³-hybridized carbons (Fsp3) is 0.333. The van der Waals surface area contributed by atoms with E-state index in [1.165, 1.54) is 4.90 Å². The van der Waals surface area contributed by atoms with Gasteiger partial charge in [-0.3, -0.25) is 19.2 Å². The zero-order valence-electron chi connectivity index (χ0n) is 14.4. The molecule has 1 aromatic heterocycles. The molecule has 2 aliphatic heterocycles. The van der Waals surface area contributed by atoms with Crippen molar-refractivity contribution in [3.63, 3.8) is 0 Å². The van der Waals surface area contributed by atoms with Gasteiger partial charge in [-0.2, -0.15) is 5.10 Å². The Labute approximate surface area is 150 Å². The van der Waals surface area contributed by atoms with E-state index in [-0.39, 0.29) is 30.4 Å². The Morgan fingerprint density at radius 3 is 2.69 bits per heavy atom. The third-order valence-corrected chi connectivity index (χ3v) is 4.86. The van der Waals surface area contributed by atoms with Crippen molar-refractivity contribution in [1.29, 1.82) is 0 Å². The zero-order chi connectivity index (χ0) is 18.3. The van der Waals surface area contributed by atoms with E-state index in [0.717, 1.165) is 11.3 Å². The first kappa shape index (κ1) is 16.3. The van der Waals surface area contributed by atoms with Gasteiger partial charge < -0.3 is 10.2 Å². The van der Waals surface area contributed by atoms with Crippen LogP contribution in [0.2, 0.25) is 0 Å². The van der Waals surface area contributed by atoms with E-state index in [2.05, 4.69) is 10.4 Å². The molecule has 0 radical (unpaired) electrons. The topological polar surface area (TPSA) is 87.5 Å². The van der Waals surface area contributed by atoms with E-state index in [0.29, 0.717) is 25.2 Å². The highest BCUT2D eigenvalue weighted by molar-refractivity contribution is 6.02. The van der Waals surface area contributed by atoms with Gasteiger partial charge in [0.1, 0.15) is 5.69 Å². The fourth-order valence-corrected chi connectivity index (χ4v) is 3.52. The fourth-order valence-electron chi connectivity index (χ4n) is 3.52. The van der Waals surface area contributed by atoms with Crippen LogP contribution < -0.4 is 5.32 Å². The Kier molecular flexibility index (Phi) is 3.95. The number of nitrogens with one attached hydrogen (secondary N) is 1. The van der Waals surface area contributed by atoms with Crippen molar-refractivity contribution in [3.05, 3.63) is 42.1 Å². The van der Waals surface area contributed by atoms with Crippen molar-refractivity contribution in [2.24, 2.45) is 7.05 Å². The molecule has 2 saturated heterocycles. The molecule has 1 aromatic carbocycles. The molecule has 3 heterocycles. The number of imide groups is 1. The second-order valence-corrected chi connectivity index (χ2v) is 6.52. The average molecular weight is 353 g/mol. The van der Waals surface area contributed by atoms with Crippen molar-refractivity contribution >= 4 is 17.8 Å². The van der Waals surface area contributed by atoms with Crippen LogP contribution in [0.4, 0.5) is 4.79 Å². The Morgan fingerprint density at radius 1 is 1.23 bits per heavy atom. The van der Waals surface area contributed by atoms with Crippen LogP contribution >= 0.6 is 0 Å². The number of urea groups is 1. The van der Waals surface area contributed by atoms with Gasteiger partial charge in [-0.05, 0) is 12.5 Å². The van der Waals surface area contributed by atoms with Crippen molar-refractivity contribution in [1.82, 2.24) is 24.9 Å². The molecule has 0 bridgehead atoms. The molecule has 4 amide bonds. The molecule has 1 unspecified atom stereocenters. The summed E-state index contributed by atoms with van der Waals surface area (Å²) in [7, 11) is 1.74. The van der Waals surface area contributed by atoms with E-state index in [4.69, 9.17) is 0 Å². The first-order valence-electron chi connectivity index (χ1n) is 8.53. The van der Waals surface area contributed by atoms with Crippen LogP contribution in [0.1, 0.15) is 16.9 Å². The molecule has 134 valence electrons. The van der Waals surface area contributed by atoms with Crippen LogP contribution in [0.3, 0.4) is 0 Å². The minimum atomic E-state index is -0.374. The maximum atomic E-state index is 12.9. The second-order valence-electron chi connectivity index (χ2n) is 6.52. The third kappa shape index (κ3) is 2.73. The van der Waals surface area contributed by atoms with Crippen molar-refractivity contribution in [2.75, 3.05) is 19.6 Å². The number of aryl methyl sites for hydroxylation is 1. The quantitative estimate of drug-likeness (QED) is 0.829. The van der Waals surface area contributed by atoms with Gasteiger partial charge in [-0.1, -0.05) is 30.3 Å². The summed E-state index contributed by atoms with van der Waals surface area (Å²) in [5, 5.41) is 6.96. The molecule has 1 atom stereocenters. The number of hydrogen-bond donors (Lipinski definition) is 1. The van der Waals surface area contributed by atoms with E-state index < -0.39 is 0 Å². The maximum absolute atomic E-state index is 12.9. The van der Waals surface area contributed by atoms with Gasteiger partial charge in [0.25, 0.3) is 5.91 Å². The van der Waals surface area contributed by atoms with Crippen LogP contribution in [-0.4, -0.2) is 63.1 Å². The smallest absolute Gasteiger partial charge is 0.324 e. The van der Waals surface area contributed by atoms with Gasteiger partial charge in [0.2, 0.25) is 5.91 Å². The average Bonchev–Trinajstić information content (AvgIpc) is 3.34. The summed E-state index contributed by atoms with van der Waals surface area (Å²) in [6.45, 7) is 0.891. The molecule has 8 nitrogen and oxygen atoms in total. The molecule has 1 N–H and O–H groups in total. The van der Waals surface area contributed by atoms with Gasteiger partial charge in [0.05, 0.1) is 18.3 Å².